The maximum Gasteiger partial charge on any atom is 0.314 e. The van der Waals surface area contributed by atoms with Gasteiger partial charge < -0.3 is 24.7 Å². The largest absolute Gasteiger partial charge is 0.436 e. The lowest BCUT2D eigenvalue weighted by Gasteiger charge is -2.44. The summed E-state index contributed by atoms with van der Waals surface area (Å²) in [6, 6.07) is 3.01. The Morgan fingerprint density at radius 2 is 0.789 bits per heavy atom. The molecule has 14 heteroatoms. The number of hydrogen-bond donors (Lipinski definition) is 0. The zero-order valence-corrected chi connectivity index (χ0v) is 35.8. The van der Waals surface area contributed by atoms with E-state index in [1.165, 1.54) is 12.8 Å². The van der Waals surface area contributed by atoms with Gasteiger partial charge in [-0.05, 0) is 109 Å². The monoisotopic (exact) mass is 678 g/mol. The van der Waals surface area contributed by atoms with Crippen LogP contribution in [0.25, 0.3) is 0 Å². The molecule has 0 aliphatic rings. The molecule has 0 heterocycles. The highest BCUT2D eigenvalue weighted by Crippen LogP contribution is 2.35. The van der Waals surface area contributed by atoms with E-state index in [0.717, 1.165) is 18.1 Å². The van der Waals surface area contributed by atoms with Crippen LogP contribution in [0, 0.1) is 11.8 Å². The topological polar surface area (TPSA) is 55.4 Å². The summed E-state index contributed by atoms with van der Waals surface area (Å²) in [4.78, 5) is 0. The lowest BCUT2D eigenvalue weighted by Crippen LogP contribution is -2.61. The predicted octanol–water partition coefficient (Wildman–Crippen LogP) is 9.59. The molecule has 0 unspecified atom stereocenters. The van der Waals surface area contributed by atoms with Crippen LogP contribution in [-0.2, 0) is 24.7 Å². The molecule has 0 aliphatic heterocycles. The average molecular weight is 680 g/mol. The lowest BCUT2D eigenvalue weighted by molar-refractivity contribution is 0.271. The molecule has 0 aromatic heterocycles. The molecule has 0 fully saturated rings. The maximum atomic E-state index is 7.21. The average Bonchev–Trinajstić information content (AvgIpc) is 2.51. The van der Waals surface area contributed by atoms with Crippen molar-refractivity contribution in [2.45, 2.75) is 144 Å². The quantitative estimate of drug-likeness (QED) is 0.100. The first kappa shape index (κ1) is 39.6. The Bertz CT molecular complexity index is 708. The van der Waals surface area contributed by atoms with Crippen molar-refractivity contribution in [1.29, 1.82) is 0 Å². The molecular formula is C24H63ClO6Si7. The molecule has 0 aromatic rings. The normalized spacial score (nSPS) is 15.2. The van der Waals surface area contributed by atoms with E-state index >= 15 is 0 Å². The van der Waals surface area contributed by atoms with Gasteiger partial charge in [-0.25, -0.2) is 0 Å². The summed E-state index contributed by atoms with van der Waals surface area (Å²) in [6.45, 7) is 36.9. The van der Waals surface area contributed by atoms with Crippen molar-refractivity contribution < 1.29 is 24.7 Å². The predicted molar refractivity (Wildman–Crippen MR) is 182 cm³/mol. The van der Waals surface area contributed by atoms with Crippen LogP contribution in [0.5, 0.6) is 0 Å². The van der Waals surface area contributed by atoms with Gasteiger partial charge in [-0.1, -0.05) is 47.5 Å². The van der Waals surface area contributed by atoms with Gasteiger partial charge in [-0.3, -0.25) is 0 Å². The van der Waals surface area contributed by atoms with Crippen LogP contribution in [0.4, 0.5) is 0 Å². The second-order valence-corrected chi connectivity index (χ2v) is 42.1. The van der Waals surface area contributed by atoms with Gasteiger partial charge in [0.1, 0.15) is 0 Å². The van der Waals surface area contributed by atoms with Gasteiger partial charge in [0.25, 0.3) is 7.63 Å². The maximum absolute atomic E-state index is 7.21. The number of halogens is 1. The van der Waals surface area contributed by atoms with Crippen molar-refractivity contribution in [3.8, 4) is 0 Å². The van der Waals surface area contributed by atoms with Crippen LogP contribution in [0.15, 0.2) is 0 Å². The summed E-state index contributed by atoms with van der Waals surface area (Å²) in [5.74, 6) is 0.987. The van der Waals surface area contributed by atoms with Crippen molar-refractivity contribution in [3.05, 3.63) is 0 Å². The fourth-order valence-corrected chi connectivity index (χ4v) is 44.5. The minimum Gasteiger partial charge on any atom is -0.436 e. The van der Waals surface area contributed by atoms with Crippen LogP contribution in [-0.4, -0.2) is 58.7 Å². The Labute approximate surface area is 249 Å². The van der Waals surface area contributed by atoms with Gasteiger partial charge in [0.15, 0.2) is 8.32 Å². The Kier molecular flexibility index (Phi) is 15.5. The molecule has 0 saturated heterocycles. The van der Waals surface area contributed by atoms with Crippen molar-refractivity contribution in [2.75, 3.05) is 0 Å². The third-order valence-corrected chi connectivity index (χ3v) is 34.8. The van der Waals surface area contributed by atoms with E-state index in [-0.39, 0.29) is 0 Å². The van der Waals surface area contributed by atoms with E-state index < -0.39 is 58.7 Å². The molecule has 0 aliphatic carbocycles. The van der Waals surface area contributed by atoms with Crippen molar-refractivity contribution in [2.24, 2.45) is 11.8 Å². The van der Waals surface area contributed by atoms with E-state index in [9.17, 15) is 0 Å². The second-order valence-electron chi connectivity index (χ2n) is 14.6. The summed E-state index contributed by atoms with van der Waals surface area (Å²) < 4.78 is 40.4. The second kappa shape index (κ2) is 14.8. The smallest absolute Gasteiger partial charge is 0.314 e. The van der Waals surface area contributed by atoms with Crippen molar-refractivity contribution >= 4 is 69.8 Å². The van der Waals surface area contributed by atoms with Crippen molar-refractivity contribution in [1.82, 2.24) is 0 Å². The molecule has 0 radical (unpaired) electrons. The fraction of sp³-hybridized carbons (Fsp3) is 1.00. The summed E-state index contributed by atoms with van der Waals surface area (Å²) in [7, 11) is -16.7. The first-order chi connectivity index (χ1) is 16.6. The molecular weight excluding hydrogens is 616 g/mol. The zero-order valence-electron chi connectivity index (χ0n) is 28.0. The van der Waals surface area contributed by atoms with Crippen LogP contribution < -0.4 is 0 Å². The van der Waals surface area contributed by atoms with E-state index in [1.807, 2.05) is 0 Å². The molecule has 38 heavy (non-hydrogen) atoms. The Morgan fingerprint density at radius 1 is 0.500 bits per heavy atom. The third-order valence-electron chi connectivity index (χ3n) is 5.48. The molecule has 0 amide bonds. The van der Waals surface area contributed by atoms with Crippen LogP contribution in [0.1, 0.15) is 47.5 Å². The van der Waals surface area contributed by atoms with Gasteiger partial charge in [0.2, 0.25) is 0 Å². The summed E-state index contributed by atoms with van der Waals surface area (Å²) >= 11 is 7.21. The number of rotatable bonds is 19. The van der Waals surface area contributed by atoms with Gasteiger partial charge >= 0.3 is 42.8 Å². The Morgan fingerprint density at radius 3 is 1.08 bits per heavy atom. The van der Waals surface area contributed by atoms with Gasteiger partial charge in [0.05, 0.1) is 0 Å². The zero-order chi connectivity index (χ0) is 30.4. The molecule has 0 aromatic carbocycles. The molecule has 6 nitrogen and oxygen atoms in total. The first-order valence-electron chi connectivity index (χ1n) is 14.5. The minimum absolute atomic E-state index is 0.493. The molecule has 0 spiro atoms. The van der Waals surface area contributed by atoms with E-state index in [4.69, 9.17) is 35.8 Å². The Balaban J connectivity index is 5.42. The van der Waals surface area contributed by atoms with E-state index in [0.29, 0.717) is 11.8 Å². The summed E-state index contributed by atoms with van der Waals surface area (Å²) in [6.07, 6.45) is 2.40. The van der Waals surface area contributed by atoms with Crippen LogP contribution in [0.3, 0.4) is 0 Å². The van der Waals surface area contributed by atoms with Gasteiger partial charge in [-0.2, -0.15) is 0 Å². The molecule has 0 rings (SSSR count). The van der Waals surface area contributed by atoms with Gasteiger partial charge in [-0.15, -0.1) is 11.1 Å². The number of unbranched alkanes of at least 4 members (excludes halogenated alkanes) is 1. The molecule has 0 N–H and O–H groups in total. The molecule has 0 atom stereocenters. The molecule has 230 valence electrons. The minimum atomic E-state index is -2.57. The summed E-state index contributed by atoms with van der Waals surface area (Å²) in [5.41, 5.74) is 0. The molecule has 0 saturated carbocycles. The standard InChI is InChI=1S/C24H63ClO6Si7/c1-18-19-20-32(6,7)26-33(8,9)27-34(10,11)28-35(12,13)29-36(14,15)30-37(16,17)31-38(25,21-23(2)3)22-24(4)5/h23-24H,18-22H2,1-17H3. The SMILES string of the molecule is CCCC[Si](C)(C)O[Si](C)(C)O[Si](C)(C)O[Si](C)(C)O[Si](C)(C)O[Si](C)(C)O[Si](Cl)(CC(C)C)CC(C)C. The number of hydrogen-bond acceptors (Lipinski definition) is 6. The molecule has 0 bridgehead atoms. The lowest BCUT2D eigenvalue weighted by atomic mass is 10.3. The fourth-order valence-electron chi connectivity index (χ4n) is 5.62. The van der Waals surface area contributed by atoms with Crippen LogP contribution >= 0.6 is 11.1 Å². The van der Waals surface area contributed by atoms with E-state index in [1.54, 1.807) is 0 Å². The first-order valence-corrected chi connectivity index (χ1v) is 35.1. The van der Waals surface area contributed by atoms with Crippen molar-refractivity contribution in [3.63, 3.8) is 0 Å². The summed E-state index contributed by atoms with van der Waals surface area (Å²) in [5, 5.41) is 0. The third kappa shape index (κ3) is 18.2. The Hall–Kier alpha value is 1.57. The van der Waals surface area contributed by atoms with Crippen LogP contribution in [0.2, 0.25) is 96.7 Å². The van der Waals surface area contributed by atoms with E-state index in [2.05, 4.69) is 113 Å². The highest BCUT2D eigenvalue weighted by Gasteiger charge is 2.49. The van der Waals surface area contributed by atoms with Gasteiger partial charge in [0, 0.05) is 0 Å². The highest BCUT2D eigenvalue weighted by atomic mass is 35.6. The highest BCUT2D eigenvalue weighted by molar-refractivity contribution is 7.19.